The van der Waals surface area contributed by atoms with Crippen molar-refractivity contribution in [3.8, 4) is 11.5 Å². The van der Waals surface area contributed by atoms with E-state index in [0.29, 0.717) is 39.9 Å². The van der Waals surface area contributed by atoms with E-state index in [2.05, 4.69) is 17.6 Å². The minimum atomic E-state index is -0.355. The van der Waals surface area contributed by atoms with Crippen LogP contribution in [0.5, 0.6) is 11.5 Å². The largest absolute Gasteiger partial charge is 0.494 e. The Labute approximate surface area is 192 Å². The second-order valence-electron chi connectivity index (χ2n) is 7.03. The molecule has 166 valence electrons. The van der Waals surface area contributed by atoms with Gasteiger partial charge in [0.05, 0.1) is 30.0 Å². The number of anilines is 2. The van der Waals surface area contributed by atoms with Gasteiger partial charge in [-0.25, -0.2) is 0 Å². The quantitative estimate of drug-likeness (QED) is 0.388. The highest BCUT2D eigenvalue weighted by molar-refractivity contribution is 6.34. The van der Waals surface area contributed by atoms with E-state index >= 15 is 0 Å². The summed E-state index contributed by atoms with van der Waals surface area (Å²) in [4.78, 5) is 25.1. The minimum Gasteiger partial charge on any atom is -0.494 e. The van der Waals surface area contributed by atoms with Gasteiger partial charge in [0.25, 0.3) is 11.8 Å². The van der Waals surface area contributed by atoms with Crippen LogP contribution in [0.1, 0.15) is 40.5 Å². The topological polar surface area (TPSA) is 76.7 Å². The summed E-state index contributed by atoms with van der Waals surface area (Å²) in [5, 5.41) is 5.97. The molecule has 0 aliphatic rings. The predicted molar refractivity (Wildman–Crippen MR) is 127 cm³/mol. The molecule has 6 nitrogen and oxygen atoms in total. The number of carbonyl (C=O) groups excluding carboxylic acids is 2. The van der Waals surface area contributed by atoms with Crippen molar-refractivity contribution >= 4 is 34.8 Å². The van der Waals surface area contributed by atoms with Gasteiger partial charge in [0, 0.05) is 17.3 Å². The number of halogens is 1. The summed E-state index contributed by atoms with van der Waals surface area (Å²) in [6.45, 7) is 2.76. The zero-order valence-electron chi connectivity index (χ0n) is 18.0. The van der Waals surface area contributed by atoms with E-state index in [-0.39, 0.29) is 11.8 Å². The van der Waals surface area contributed by atoms with Crippen molar-refractivity contribution in [2.45, 2.75) is 19.8 Å². The fourth-order valence-electron chi connectivity index (χ4n) is 2.95. The number of nitrogens with one attached hydrogen (secondary N) is 2. The maximum absolute atomic E-state index is 12.6. The van der Waals surface area contributed by atoms with Crippen molar-refractivity contribution in [1.29, 1.82) is 0 Å². The third-order valence-corrected chi connectivity index (χ3v) is 5.04. The smallest absolute Gasteiger partial charge is 0.257 e. The second-order valence-corrected chi connectivity index (χ2v) is 7.44. The Balaban J connectivity index is 1.67. The van der Waals surface area contributed by atoms with Gasteiger partial charge in [0.1, 0.15) is 11.5 Å². The van der Waals surface area contributed by atoms with Crippen LogP contribution in [0.2, 0.25) is 5.02 Å². The molecule has 0 fully saturated rings. The SMILES string of the molecule is CCCCOc1ccc(C(=O)Nc2ccc(NC(=O)c3ccccc3Cl)c(OC)c2)cc1. The number of methoxy groups -OCH3 is 1. The first kappa shape index (κ1) is 23.2. The van der Waals surface area contributed by atoms with Gasteiger partial charge in [-0.15, -0.1) is 0 Å². The molecule has 0 aliphatic heterocycles. The zero-order valence-corrected chi connectivity index (χ0v) is 18.7. The molecule has 32 heavy (non-hydrogen) atoms. The molecule has 0 atom stereocenters. The summed E-state index contributed by atoms with van der Waals surface area (Å²) < 4.78 is 11.0. The van der Waals surface area contributed by atoms with Crippen LogP contribution >= 0.6 is 11.6 Å². The Hall–Kier alpha value is -3.51. The average Bonchev–Trinajstić information content (AvgIpc) is 2.80. The zero-order chi connectivity index (χ0) is 22.9. The third kappa shape index (κ3) is 6.02. The lowest BCUT2D eigenvalue weighted by Gasteiger charge is -2.13. The first-order valence-corrected chi connectivity index (χ1v) is 10.7. The van der Waals surface area contributed by atoms with Crippen LogP contribution in [0.15, 0.2) is 66.7 Å². The Morgan fingerprint density at radius 2 is 1.69 bits per heavy atom. The molecule has 0 heterocycles. The molecule has 2 amide bonds. The number of carbonyl (C=O) groups is 2. The number of unbranched alkanes of at least 4 members (excludes halogenated alkanes) is 1. The van der Waals surface area contributed by atoms with E-state index in [9.17, 15) is 9.59 Å². The molecule has 0 aliphatic carbocycles. The van der Waals surface area contributed by atoms with Crippen molar-refractivity contribution in [3.63, 3.8) is 0 Å². The van der Waals surface area contributed by atoms with Crippen molar-refractivity contribution in [2.75, 3.05) is 24.4 Å². The van der Waals surface area contributed by atoms with E-state index in [4.69, 9.17) is 21.1 Å². The van der Waals surface area contributed by atoms with Crippen LogP contribution in [-0.2, 0) is 0 Å². The molecule has 2 N–H and O–H groups in total. The lowest BCUT2D eigenvalue weighted by molar-refractivity contribution is 0.101. The molecule has 7 heteroatoms. The standard InChI is InChI=1S/C25H25ClN2O4/c1-3-4-15-32-19-12-9-17(10-13-19)24(29)27-18-11-14-22(23(16-18)31-2)28-25(30)20-7-5-6-8-21(20)26/h5-14,16H,3-4,15H2,1-2H3,(H,27,29)(H,28,30). The Bertz CT molecular complexity index is 1080. The molecule has 0 spiro atoms. The Morgan fingerprint density at radius 3 is 2.38 bits per heavy atom. The van der Waals surface area contributed by atoms with Crippen molar-refractivity contribution in [2.24, 2.45) is 0 Å². The monoisotopic (exact) mass is 452 g/mol. The van der Waals surface area contributed by atoms with Crippen LogP contribution in [0, 0.1) is 0 Å². The van der Waals surface area contributed by atoms with E-state index in [0.717, 1.165) is 18.6 Å². The summed E-state index contributed by atoms with van der Waals surface area (Å²) in [7, 11) is 1.49. The van der Waals surface area contributed by atoms with E-state index in [1.54, 1.807) is 66.7 Å². The van der Waals surface area contributed by atoms with Gasteiger partial charge in [-0.2, -0.15) is 0 Å². The summed E-state index contributed by atoms with van der Waals surface area (Å²) >= 11 is 6.09. The fraction of sp³-hybridized carbons (Fsp3) is 0.200. The molecule has 0 saturated carbocycles. The molecule has 0 aromatic heterocycles. The van der Waals surface area contributed by atoms with Gasteiger partial charge in [-0.05, 0) is 55.0 Å². The number of amides is 2. The number of ether oxygens (including phenoxy) is 2. The number of hydrogen-bond acceptors (Lipinski definition) is 4. The molecule has 0 radical (unpaired) electrons. The molecular formula is C25H25ClN2O4. The highest BCUT2D eigenvalue weighted by Gasteiger charge is 2.14. The molecular weight excluding hydrogens is 428 g/mol. The van der Waals surface area contributed by atoms with Gasteiger partial charge in [0.2, 0.25) is 0 Å². The van der Waals surface area contributed by atoms with Gasteiger partial charge >= 0.3 is 0 Å². The van der Waals surface area contributed by atoms with Crippen molar-refractivity contribution in [1.82, 2.24) is 0 Å². The molecule has 3 rings (SSSR count). The van der Waals surface area contributed by atoms with E-state index in [1.807, 2.05) is 0 Å². The highest BCUT2D eigenvalue weighted by Crippen LogP contribution is 2.29. The van der Waals surface area contributed by atoms with Gasteiger partial charge in [-0.1, -0.05) is 37.1 Å². The van der Waals surface area contributed by atoms with Gasteiger partial charge < -0.3 is 20.1 Å². The van der Waals surface area contributed by atoms with Crippen LogP contribution in [0.4, 0.5) is 11.4 Å². The molecule has 3 aromatic carbocycles. The number of rotatable bonds is 9. The summed E-state index contributed by atoms with van der Waals surface area (Å²) in [5.74, 6) is 0.519. The van der Waals surface area contributed by atoms with E-state index < -0.39 is 0 Å². The summed E-state index contributed by atoms with van der Waals surface area (Å²) in [6.07, 6.45) is 2.05. The second kappa shape index (κ2) is 11.2. The average molecular weight is 453 g/mol. The summed E-state index contributed by atoms with van der Waals surface area (Å²) in [5.41, 5.74) is 1.86. The normalized spacial score (nSPS) is 10.3. The lowest BCUT2D eigenvalue weighted by atomic mass is 10.1. The fourth-order valence-corrected chi connectivity index (χ4v) is 3.17. The van der Waals surface area contributed by atoms with Gasteiger partial charge in [0.15, 0.2) is 0 Å². The Kier molecular flexibility index (Phi) is 8.11. The maximum Gasteiger partial charge on any atom is 0.257 e. The number of hydrogen-bond donors (Lipinski definition) is 2. The van der Waals surface area contributed by atoms with Crippen LogP contribution in [-0.4, -0.2) is 25.5 Å². The van der Waals surface area contributed by atoms with Crippen LogP contribution in [0.25, 0.3) is 0 Å². The molecule has 0 unspecified atom stereocenters. The third-order valence-electron chi connectivity index (χ3n) is 4.71. The van der Waals surface area contributed by atoms with Crippen LogP contribution < -0.4 is 20.1 Å². The van der Waals surface area contributed by atoms with Crippen molar-refractivity contribution < 1.29 is 19.1 Å². The molecule has 3 aromatic rings. The highest BCUT2D eigenvalue weighted by atomic mass is 35.5. The predicted octanol–water partition coefficient (Wildman–Crippen LogP) is 6.03. The minimum absolute atomic E-state index is 0.264. The first-order chi connectivity index (χ1) is 15.5. The first-order valence-electron chi connectivity index (χ1n) is 10.3. The lowest BCUT2D eigenvalue weighted by Crippen LogP contribution is -2.14. The molecule has 0 bridgehead atoms. The van der Waals surface area contributed by atoms with Crippen LogP contribution in [0.3, 0.4) is 0 Å². The van der Waals surface area contributed by atoms with Crippen molar-refractivity contribution in [3.05, 3.63) is 82.9 Å². The maximum atomic E-state index is 12.6. The number of benzene rings is 3. The Morgan fingerprint density at radius 1 is 0.938 bits per heavy atom. The summed E-state index contributed by atoms with van der Waals surface area (Å²) in [6, 6.07) is 18.7. The van der Waals surface area contributed by atoms with Gasteiger partial charge in [-0.3, -0.25) is 9.59 Å². The molecule has 0 saturated heterocycles. The van der Waals surface area contributed by atoms with E-state index in [1.165, 1.54) is 7.11 Å².